The van der Waals surface area contributed by atoms with Crippen LogP contribution in [0.15, 0.2) is 0 Å². The number of aliphatic hydroxyl groups excluding tert-OH is 1. The normalized spacial score (nSPS) is 25.8. The lowest BCUT2D eigenvalue weighted by Gasteiger charge is -2.33. The number of methoxy groups -OCH3 is 1. The molecule has 0 aromatic rings. The molecule has 1 rings (SSSR count). The zero-order valence-electron chi connectivity index (χ0n) is 15.6. The van der Waals surface area contributed by atoms with Gasteiger partial charge < -0.3 is 19.3 Å². The van der Waals surface area contributed by atoms with Crippen molar-refractivity contribution < 1.29 is 38.1 Å². The minimum atomic E-state index is -2.53. The molecule has 1 unspecified atom stereocenters. The van der Waals surface area contributed by atoms with Crippen molar-refractivity contribution in [2.45, 2.75) is 70.4 Å². The third-order valence-electron chi connectivity index (χ3n) is 3.46. The fourth-order valence-electron chi connectivity index (χ4n) is 2.34. The molecule has 0 spiro atoms. The number of ether oxygens (including phenoxy) is 3. The number of rotatable bonds is 3. The van der Waals surface area contributed by atoms with Crippen molar-refractivity contribution in [3.8, 4) is 0 Å². The molecular formula is C16H26FNO7. The van der Waals surface area contributed by atoms with E-state index in [1.807, 2.05) is 0 Å². The first-order valence-electron chi connectivity index (χ1n) is 7.78. The topological polar surface area (TPSA) is 102 Å². The van der Waals surface area contributed by atoms with E-state index in [0.717, 1.165) is 7.11 Å². The molecule has 0 aromatic carbocycles. The molecule has 9 heteroatoms. The molecule has 0 heterocycles. The molecule has 0 aromatic heterocycles. The van der Waals surface area contributed by atoms with Crippen LogP contribution in [-0.4, -0.2) is 64.3 Å². The minimum Gasteiger partial charge on any atom is -0.467 e. The second-order valence-electron chi connectivity index (χ2n) is 7.95. The molecule has 25 heavy (non-hydrogen) atoms. The number of imide groups is 1. The molecule has 1 saturated carbocycles. The summed E-state index contributed by atoms with van der Waals surface area (Å²) in [6.07, 6.45) is -3.14. The zero-order chi connectivity index (χ0) is 19.8. The lowest BCUT2D eigenvalue weighted by Crippen LogP contribution is -2.57. The molecule has 8 nitrogen and oxygen atoms in total. The quantitative estimate of drug-likeness (QED) is 0.605. The van der Waals surface area contributed by atoms with Gasteiger partial charge in [-0.2, -0.15) is 4.90 Å². The molecule has 2 atom stereocenters. The van der Waals surface area contributed by atoms with E-state index in [9.17, 15) is 23.9 Å². The van der Waals surface area contributed by atoms with Gasteiger partial charge in [-0.1, -0.05) is 0 Å². The van der Waals surface area contributed by atoms with E-state index < -0.39 is 53.6 Å². The van der Waals surface area contributed by atoms with Gasteiger partial charge in [0, 0.05) is 6.42 Å². The Morgan fingerprint density at radius 1 is 1.04 bits per heavy atom. The van der Waals surface area contributed by atoms with Crippen molar-refractivity contribution in [2.24, 2.45) is 0 Å². The van der Waals surface area contributed by atoms with E-state index in [4.69, 9.17) is 9.47 Å². The van der Waals surface area contributed by atoms with Gasteiger partial charge in [0.05, 0.1) is 13.7 Å². The maximum atomic E-state index is 14.8. The van der Waals surface area contributed by atoms with Crippen molar-refractivity contribution in [1.29, 1.82) is 0 Å². The van der Waals surface area contributed by atoms with Gasteiger partial charge in [-0.3, -0.25) is 0 Å². The summed E-state index contributed by atoms with van der Waals surface area (Å²) in [4.78, 5) is 37.6. The highest BCUT2D eigenvalue weighted by molar-refractivity contribution is 6.00. The molecule has 0 aliphatic heterocycles. The summed E-state index contributed by atoms with van der Waals surface area (Å²) in [6, 6.07) is 0. The van der Waals surface area contributed by atoms with Gasteiger partial charge in [0.15, 0.2) is 11.2 Å². The Labute approximate surface area is 146 Å². The molecule has 144 valence electrons. The Balaban J connectivity index is 3.37. The largest absolute Gasteiger partial charge is 0.467 e. The summed E-state index contributed by atoms with van der Waals surface area (Å²) < 4.78 is 29.6. The number of hydrogen-bond donors (Lipinski definition) is 1. The molecule has 0 saturated heterocycles. The van der Waals surface area contributed by atoms with E-state index in [1.165, 1.54) is 0 Å². The first-order chi connectivity index (χ1) is 11.1. The molecular weight excluding hydrogens is 337 g/mol. The van der Waals surface area contributed by atoms with Gasteiger partial charge in [0.2, 0.25) is 0 Å². The number of halogens is 1. The van der Waals surface area contributed by atoms with E-state index >= 15 is 0 Å². The van der Waals surface area contributed by atoms with Crippen LogP contribution in [0.4, 0.5) is 14.0 Å². The number of esters is 1. The number of carbonyl (C=O) groups is 3. The number of nitrogens with zero attached hydrogens (tertiary/aromatic N) is 1. The maximum Gasteiger partial charge on any atom is 0.420 e. The van der Waals surface area contributed by atoms with Crippen LogP contribution in [-0.2, 0) is 19.0 Å². The Morgan fingerprint density at radius 2 is 1.44 bits per heavy atom. The average molecular weight is 363 g/mol. The fraction of sp³-hybridized carbons (Fsp3) is 0.812. The third-order valence-corrected chi connectivity index (χ3v) is 3.46. The smallest absolute Gasteiger partial charge is 0.420 e. The van der Waals surface area contributed by atoms with Crippen molar-refractivity contribution >= 4 is 18.2 Å². The number of hydrogen-bond acceptors (Lipinski definition) is 7. The van der Waals surface area contributed by atoms with Crippen LogP contribution in [0.1, 0.15) is 48.0 Å². The second-order valence-corrected chi connectivity index (χ2v) is 7.95. The van der Waals surface area contributed by atoms with Crippen molar-refractivity contribution in [3.05, 3.63) is 0 Å². The average Bonchev–Trinajstić information content (AvgIpc) is 3.01. The third kappa shape index (κ3) is 4.20. The van der Waals surface area contributed by atoms with Crippen LogP contribution in [0.2, 0.25) is 0 Å². The zero-order valence-corrected chi connectivity index (χ0v) is 15.6. The van der Waals surface area contributed by atoms with Crippen LogP contribution in [0.25, 0.3) is 0 Å². The Bertz CT molecular complexity index is 538. The fourth-order valence-corrected chi connectivity index (χ4v) is 2.34. The molecule has 1 aliphatic rings. The van der Waals surface area contributed by atoms with E-state index in [1.54, 1.807) is 41.5 Å². The Morgan fingerprint density at radius 3 is 1.68 bits per heavy atom. The van der Waals surface area contributed by atoms with Gasteiger partial charge in [-0.15, -0.1) is 0 Å². The van der Waals surface area contributed by atoms with Crippen molar-refractivity contribution in [2.75, 3.05) is 13.7 Å². The predicted octanol–water partition coefficient (Wildman–Crippen LogP) is 2.17. The first kappa shape index (κ1) is 21.1. The predicted molar refractivity (Wildman–Crippen MR) is 84.6 cm³/mol. The number of carbonyl (C=O) groups excluding carboxylic acids is 3. The molecule has 2 amide bonds. The molecule has 1 aliphatic carbocycles. The van der Waals surface area contributed by atoms with E-state index in [-0.39, 0.29) is 4.90 Å². The van der Waals surface area contributed by atoms with E-state index in [2.05, 4.69) is 4.74 Å². The second kappa shape index (κ2) is 6.44. The molecule has 1 N–H and O–H groups in total. The monoisotopic (exact) mass is 363 g/mol. The highest BCUT2D eigenvalue weighted by Crippen LogP contribution is 2.56. The summed E-state index contributed by atoms with van der Waals surface area (Å²) >= 11 is 0. The van der Waals surface area contributed by atoms with Crippen molar-refractivity contribution in [3.63, 3.8) is 0 Å². The first-order valence-corrected chi connectivity index (χ1v) is 7.78. The SMILES string of the molecule is COC(=O)C1(N(C(=O)OC(C)(C)C)C(=O)OC(C)(C)C)C[C@@]1(F)CO. The highest BCUT2D eigenvalue weighted by atomic mass is 19.1. The summed E-state index contributed by atoms with van der Waals surface area (Å²) in [7, 11) is 0.989. The summed E-state index contributed by atoms with van der Waals surface area (Å²) in [6.45, 7) is 8.20. The van der Waals surface area contributed by atoms with Gasteiger partial charge in [-0.25, -0.2) is 18.8 Å². The van der Waals surface area contributed by atoms with Crippen LogP contribution < -0.4 is 0 Å². The Hall–Kier alpha value is -1.90. The van der Waals surface area contributed by atoms with Crippen LogP contribution in [0, 0.1) is 0 Å². The lowest BCUT2D eigenvalue weighted by atomic mass is 10.1. The van der Waals surface area contributed by atoms with Gasteiger partial charge >= 0.3 is 18.2 Å². The lowest BCUT2D eigenvalue weighted by molar-refractivity contribution is -0.151. The molecule has 0 radical (unpaired) electrons. The summed E-state index contributed by atoms with van der Waals surface area (Å²) in [5.74, 6) is -1.18. The standard InChI is InChI=1S/C16H26FNO7/c1-13(2,3)24-11(21)18(12(22)25-14(4,5)6)16(10(20)23-7)8-15(16,17)9-19/h19H,8-9H2,1-7H3/t15-,16?/m1/s1. The molecule has 1 fully saturated rings. The maximum absolute atomic E-state index is 14.8. The van der Waals surface area contributed by atoms with Crippen LogP contribution in [0.5, 0.6) is 0 Å². The van der Waals surface area contributed by atoms with Crippen LogP contribution in [0.3, 0.4) is 0 Å². The minimum absolute atomic E-state index is 0.269. The van der Waals surface area contributed by atoms with Gasteiger partial charge in [-0.05, 0) is 41.5 Å². The van der Waals surface area contributed by atoms with Gasteiger partial charge in [0.1, 0.15) is 11.2 Å². The summed E-state index contributed by atoms with van der Waals surface area (Å²) in [5.41, 5.74) is -6.89. The van der Waals surface area contributed by atoms with E-state index in [0.29, 0.717) is 0 Å². The number of aliphatic hydroxyl groups is 1. The highest BCUT2D eigenvalue weighted by Gasteiger charge is 2.81. The molecule has 0 bridgehead atoms. The summed E-state index contributed by atoms with van der Waals surface area (Å²) in [5, 5.41) is 9.31. The van der Waals surface area contributed by atoms with Crippen LogP contribution >= 0.6 is 0 Å². The Kier molecular flexibility index (Phi) is 5.44. The van der Waals surface area contributed by atoms with Crippen molar-refractivity contribution in [1.82, 2.24) is 4.90 Å². The van der Waals surface area contributed by atoms with Gasteiger partial charge in [0.25, 0.3) is 0 Å². The number of amides is 2. The number of alkyl halides is 1.